The highest BCUT2D eigenvalue weighted by atomic mass is 35.5. The zero-order valence-corrected chi connectivity index (χ0v) is 9.73. The molecule has 0 aliphatic carbocycles. The Kier molecular flexibility index (Phi) is 4.42. The van der Waals surface area contributed by atoms with Gasteiger partial charge in [-0.05, 0) is 12.1 Å². The van der Waals surface area contributed by atoms with E-state index < -0.39 is 0 Å². The van der Waals surface area contributed by atoms with Gasteiger partial charge in [-0.25, -0.2) is 4.98 Å². The lowest BCUT2D eigenvalue weighted by Gasteiger charge is -2.02. The van der Waals surface area contributed by atoms with Crippen LogP contribution in [-0.2, 0) is 4.79 Å². The Morgan fingerprint density at radius 3 is 2.79 bits per heavy atom. The van der Waals surface area contributed by atoms with Gasteiger partial charge < -0.3 is 0 Å². The fraction of sp³-hybridized carbons (Fsp3) is 0.400. The second kappa shape index (κ2) is 5.37. The SMILES string of the molecule is CC(C)C(=O)CSc1ccc(Cl)cn1. The molecule has 0 spiro atoms. The normalized spacial score (nSPS) is 10.6. The minimum absolute atomic E-state index is 0.0924. The molecule has 2 nitrogen and oxygen atoms in total. The van der Waals surface area contributed by atoms with Crippen molar-refractivity contribution in [2.75, 3.05) is 5.75 Å². The average Bonchev–Trinajstić information content (AvgIpc) is 2.16. The van der Waals surface area contributed by atoms with Gasteiger partial charge in [-0.2, -0.15) is 0 Å². The van der Waals surface area contributed by atoms with Crippen LogP contribution >= 0.6 is 23.4 Å². The molecule has 1 heterocycles. The van der Waals surface area contributed by atoms with Crippen LogP contribution in [0.3, 0.4) is 0 Å². The number of hydrogen-bond donors (Lipinski definition) is 0. The van der Waals surface area contributed by atoms with Crippen LogP contribution in [-0.4, -0.2) is 16.5 Å². The molecule has 0 saturated heterocycles. The first-order valence-electron chi connectivity index (χ1n) is 4.36. The van der Waals surface area contributed by atoms with E-state index in [1.54, 1.807) is 12.3 Å². The van der Waals surface area contributed by atoms with Crippen LogP contribution in [0.5, 0.6) is 0 Å². The fourth-order valence-corrected chi connectivity index (χ4v) is 1.79. The van der Waals surface area contributed by atoms with Crippen LogP contribution in [0.15, 0.2) is 23.4 Å². The topological polar surface area (TPSA) is 30.0 Å². The van der Waals surface area contributed by atoms with Crippen molar-refractivity contribution in [3.63, 3.8) is 0 Å². The van der Waals surface area contributed by atoms with E-state index >= 15 is 0 Å². The summed E-state index contributed by atoms with van der Waals surface area (Å²) in [5, 5.41) is 1.45. The van der Waals surface area contributed by atoms with Gasteiger partial charge in [0.25, 0.3) is 0 Å². The van der Waals surface area contributed by atoms with E-state index in [0.717, 1.165) is 5.03 Å². The molecule has 0 unspecified atom stereocenters. The summed E-state index contributed by atoms with van der Waals surface area (Å²) in [6.45, 7) is 3.80. The molecule has 14 heavy (non-hydrogen) atoms. The predicted molar refractivity (Wildman–Crippen MR) is 59.8 cm³/mol. The molecular weight excluding hydrogens is 218 g/mol. The molecule has 0 radical (unpaired) electrons. The lowest BCUT2D eigenvalue weighted by Crippen LogP contribution is -2.09. The lowest BCUT2D eigenvalue weighted by molar-refractivity contribution is -0.119. The van der Waals surface area contributed by atoms with Gasteiger partial charge in [-0.15, -0.1) is 0 Å². The summed E-state index contributed by atoms with van der Waals surface area (Å²) < 4.78 is 0. The van der Waals surface area contributed by atoms with Gasteiger partial charge in [0, 0.05) is 12.1 Å². The van der Waals surface area contributed by atoms with Gasteiger partial charge in [0.2, 0.25) is 0 Å². The number of thioether (sulfide) groups is 1. The molecule has 1 aromatic heterocycles. The van der Waals surface area contributed by atoms with Crippen LogP contribution in [0.25, 0.3) is 0 Å². The third-order valence-corrected chi connectivity index (χ3v) is 2.90. The van der Waals surface area contributed by atoms with E-state index in [0.29, 0.717) is 10.8 Å². The second-order valence-electron chi connectivity index (χ2n) is 3.22. The summed E-state index contributed by atoms with van der Waals surface area (Å²) in [4.78, 5) is 15.4. The maximum atomic E-state index is 11.3. The molecule has 0 amide bonds. The van der Waals surface area contributed by atoms with Gasteiger partial charge in [-0.3, -0.25) is 4.79 Å². The number of hydrogen-bond acceptors (Lipinski definition) is 3. The summed E-state index contributed by atoms with van der Waals surface area (Å²) in [6.07, 6.45) is 1.59. The highest BCUT2D eigenvalue weighted by Crippen LogP contribution is 2.18. The van der Waals surface area contributed by atoms with Crippen LogP contribution in [0, 0.1) is 5.92 Å². The van der Waals surface area contributed by atoms with Crippen LogP contribution < -0.4 is 0 Å². The molecule has 0 aliphatic heterocycles. The fourth-order valence-electron chi connectivity index (χ4n) is 0.759. The minimum atomic E-state index is 0.0924. The number of aromatic nitrogens is 1. The Morgan fingerprint density at radius 1 is 1.57 bits per heavy atom. The number of halogens is 1. The summed E-state index contributed by atoms with van der Waals surface area (Å²) in [5.41, 5.74) is 0. The first-order chi connectivity index (χ1) is 6.59. The Balaban J connectivity index is 2.46. The van der Waals surface area contributed by atoms with E-state index in [1.807, 2.05) is 19.9 Å². The second-order valence-corrected chi connectivity index (χ2v) is 4.66. The number of carbonyl (C=O) groups excluding carboxylic acids is 1. The van der Waals surface area contributed by atoms with Crippen molar-refractivity contribution in [1.29, 1.82) is 0 Å². The quantitative estimate of drug-likeness (QED) is 0.744. The third kappa shape index (κ3) is 3.68. The third-order valence-electron chi connectivity index (χ3n) is 1.71. The van der Waals surface area contributed by atoms with Crippen molar-refractivity contribution in [1.82, 2.24) is 4.98 Å². The first-order valence-corrected chi connectivity index (χ1v) is 5.73. The number of ketones is 1. The maximum absolute atomic E-state index is 11.3. The zero-order chi connectivity index (χ0) is 10.6. The Bertz CT molecular complexity index is 310. The van der Waals surface area contributed by atoms with E-state index in [2.05, 4.69) is 4.98 Å². The molecule has 0 saturated carbocycles. The van der Waals surface area contributed by atoms with Crippen LogP contribution in [0.4, 0.5) is 0 Å². The van der Waals surface area contributed by atoms with Crippen molar-refractivity contribution in [2.45, 2.75) is 18.9 Å². The molecule has 0 N–H and O–H groups in total. The summed E-state index contributed by atoms with van der Waals surface area (Å²) in [5.74, 6) is 0.813. The van der Waals surface area contributed by atoms with E-state index in [1.165, 1.54) is 11.8 Å². The molecule has 0 atom stereocenters. The number of rotatable bonds is 4. The monoisotopic (exact) mass is 229 g/mol. The van der Waals surface area contributed by atoms with Crippen LogP contribution in [0.1, 0.15) is 13.8 Å². The molecule has 0 fully saturated rings. The van der Waals surface area contributed by atoms with Crippen molar-refractivity contribution >= 4 is 29.1 Å². The van der Waals surface area contributed by atoms with Crippen molar-refractivity contribution in [3.05, 3.63) is 23.4 Å². The molecule has 4 heteroatoms. The number of nitrogens with zero attached hydrogens (tertiary/aromatic N) is 1. The standard InChI is InChI=1S/C10H12ClNOS/c1-7(2)9(13)6-14-10-4-3-8(11)5-12-10/h3-5,7H,6H2,1-2H3. The number of Topliss-reactive ketones (excluding diaryl/α,β-unsaturated/α-hetero) is 1. The smallest absolute Gasteiger partial charge is 0.145 e. The van der Waals surface area contributed by atoms with Gasteiger partial charge in [0.1, 0.15) is 5.78 Å². The Hall–Kier alpha value is -0.540. The molecule has 0 aromatic carbocycles. The van der Waals surface area contributed by atoms with Crippen molar-refractivity contribution < 1.29 is 4.79 Å². The molecule has 1 rings (SSSR count). The van der Waals surface area contributed by atoms with Crippen LogP contribution in [0.2, 0.25) is 5.02 Å². The predicted octanol–water partition coefficient (Wildman–Crippen LogP) is 3.05. The van der Waals surface area contributed by atoms with E-state index in [9.17, 15) is 4.79 Å². The van der Waals surface area contributed by atoms with E-state index in [4.69, 9.17) is 11.6 Å². The summed E-state index contributed by atoms with van der Waals surface area (Å²) in [7, 11) is 0. The van der Waals surface area contributed by atoms with E-state index in [-0.39, 0.29) is 11.7 Å². The molecule has 76 valence electrons. The first kappa shape index (κ1) is 11.5. The number of carbonyl (C=O) groups is 1. The Morgan fingerprint density at radius 2 is 2.29 bits per heavy atom. The highest BCUT2D eigenvalue weighted by molar-refractivity contribution is 7.99. The summed E-state index contributed by atoms with van der Waals surface area (Å²) >= 11 is 7.13. The molecular formula is C10H12ClNOS. The lowest BCUT2D eigenvalue weighted by atomic mass is 10.1. The van der Waals surface area contributed by atoms with Gasteiger partial charge in [0.15, 0.2) is 0 Å². The number of pyridine rings is 1. The van der Waals surface area contributed by atoms with Crippen molar-refractivity contribution in [3.8, 4) is 0 Å². The molecule has 0 aliphatic rings. The average molecular weight is 230 g/mol. The maximum Gasteiger partial charge on any atom is 0.145 e. The molecule has 0 bridgehead atoms. The molecule has 1 aromatic rings. The zero-order valence-electron chi connectivity index (χ0n) is 8.16. The van der Waals surface area contributed by atoms with Crippen molar-refractivity contribution in [2.24, 2.45) is 5.92 Å². The van der Waals surface area contributed by atoms with Gasteiger partial charge >= 0.3 is 0 Å². The van der Waals surface area contributed by atoms with Gasteiger partial charge in [0.05, 0.1) is 15.8 Å². The minimum Gasteiger partial charge on any atom is -0.298 e. The largest absolute Gasteiger partial charge is 0.298 e. The van der Waals surface area contributed by atoms with Gasteiger partial charge in [-0.1, -0.05) is 37.2 Å². The summed E-state index contributed by atoms with van der Waals surface area (Å²) in [6, 6.07) is 3.59. The Labute approximate surface area is 93.1 Å². The highest BCUT2D eigenvalue weighted by Gasteiger charge is 2.07.